The van der Waals surface area contributed by atoms with Crippen LogP contribution < -0.4 is 5.32 Å². The fourth-order valence-electron chi connectivity index (χ4n) is 1.97. The summed E-state index contributed by atoms with van der Waals surface area (Å²) in [6, 6.07) is 7.85. The van der Waals surface area contributed by atoms with Crippen LogP contribution in [-0.4, -0.2) is 26.3 Å². The average Bonchev–Trinajstić information content (AvgIpc) is 2.90. The molecule has 2 heterocycles. The van der Waals surface area contributed by atoms with Gasteiger partial charge in [0, 0.05) is 11.9 Å². The number of anilines is 1. The lowest BCUT2D eigenvalue weighted by molar-refractivity contribution is 0.848. The van der Waals surface area contributed by atoms with E-state index in [-0.39, 0.29) is 0 Å². The van der Waals surface area contributed by atoms with Gasteiger partial charge in [-0.15, -0.1) is 0 Å². The van der Waals surface area contributed by atoms with Crippen LogP contribution in [0.3, 0.4) is 0 Å². The van der Waals surface area contributed by atoms with Crippen LogP contribution in [0.2, 0.25) is 5.02 Å². The molecular formula is C14H14ClN5. The lowest BCUT2D eigenvalue weighted by Gasteiger charge is -2.09. The van der Waals surface area contributed by atoms with Crippen LogP contribution in [0.4, 0.5) is 5.95 Å². The van der Waals surface area contributed by atoms with Gasteiger partial charge in [0.15, 0.2) is 5.82 Å². The molecule has 102 valence electrons. The molecule has 0 radical (unpaired) electrons. The van der Waals surface area contributed by atoms with Crippen molar-refractivity contribution >= 4 is 28.5 Å². The number of para-hydroxylation sites is 1. The minimum atomic E-state index is 0.579. The number of fused-ring (bicyclic) bond motifs is 1. The Morgan fingerprint density at radius 2 is 2.10 bits per heavy atom. The zero-order valence-electron chi connectivity index (χ0n) is 11.0. The van der Waals surface area contributed by atoms with Crippen molar-refractivity contribution in [2.45, 2.75) is 13.3 Å². The van der Waals surface area contributed by atoms with Gasteiger partial charge in [-0.2, -0.15) is 10.1 Å². The highest BCUT2D eigenvalue weighted by Crippen LogP contribution is 2.21. The Morgan fingerprint density at radius 3 is 2.85 bits per heavy atom. The molecule has 0 spiro atoms. The van der Waals surface area contributed by atoms with Crippen LogP contribution >= 0.6 is 11.6 Å². The molecule has 0 saturated carbocycles. The number of nitrogens with zero attached hydrogens (tertiary/aromatic N) is 4. The molecule has 2 aromatic heterocycles. The monoisotopic (exact) mass is 287 g/mol. The molecule has 0 saturated heterocycles. The highest BCUT2D eigenvalue weighted by Gasteiger charge is 2.10. The molecule has 0 bridgehead atoms. The molecule has 0 aliphatic carbocycles. The average molecular weight is 288 g/mol. The van der Waals surface area contributed by atoms with Crippen molar-refractivity contribution < 1.29 is 0 Å². The van der Waals surface area contributed by atoms with Crippen molar-refractivity contribution in [2.24, 2.45) is 0 Å². The Balaban J connectivity index is 2.17. The van der Waals surface area contributed by atoms with Gasteiger partial charge in [0.25, 0.3) is 0 Å². The summed E-state index contributed by atoms with van der Waals surface area (Å²) in [6.07, 6.45) is 4.34. The van der Waals surface area contributed by atoms with Crippen LogP contribution in [0.25, 0.3) is 16.7 Å². The predicted octanol–water partition coefficient (Wildman–Crippen LogP) is 3.29. The molecule has 3 aromatic rings. The van der Waals surface area contributed by atoms with Gasteiger partial charge in [0.1, 0.15) is 0 Å². The van der Waals surface area contributed by atoms with E-state index >= 15 is 0 Å². The zero-order chi connectivity index (χ0) is 13.9. The molecule has 0 unspecified atom stereocenters. The molecule has 6 heteroatoms. The van der Waals surface area contributed by atoms with Crippen LogP contribution in [0.1, 0.15) is 13.3 Å². The Morgan fingerprint density at radius 1 is 1.25 bits per heavy atom. The van der Waals surface area contributed by atoms with Gasteiger partial charge in [-0.1, -0.05) is 30.7 Å². The molecule has 20 heavy (non-hydrogen) atoms. The summed E-state index contributed by atoms with van der Waals surface area (Å²) in [6.45, 7) is 2.93. The van der Waals surface area contributed by atoms with Gasteiger partial charge in [-0.3, -0.25) is 0 Å². The van der Waals surface area contributed by atoms with Crippen molar-refractivity contribution in [2.75, 3.05) is 11.9 Å². The third-order valence-electron chi connectivity index (χ3n) is 2.88. The first kappa shape index (κ1) is 12.9. The minimum absolute atomic E-state index is 0.579. The number of benzene rings is 1. The fourth-order valence-corrected chi connectivity index (χ4v) is 2.10. The van der Waals surface area contributed by atoms with Gasteiger partial charge in [-0.05, 0) is 18.6 Å². The molecule has 0 fully saturated rings. The number of aromatic nitrogens is 4. The van der Waals surface area contributed by atoms with Crippen LogP contribution in [0.5, 0.6) is 0 Å². The first-order chi connectivity index (χ1) is 9.78. The van der Waals surface area contributed by atoms with E-state index in [0.29, 0.717) is 11.0 Å². The second-order valence-corrected chi connectivity index (χ2v) is 4.85. The second kappa shape index (κ2) is 5.46. The lowest BCUT2D eigenvalue weighted by Crippen LogP contribution is -2.08. The van der Waals surface area contributed by atoms with Gasteiger partial charge >= 0.3 is 0 Å². The van der Waals surface area contributed by atoms with E-state index in [2.05, 4.69) is 27.3 Å². The van der Waals surface area contributed by atoms with Gasteiger partial charge in [-0.25, -0.2) is 9.67 Å². The first-order valence-electron chi connectivity index (χ1n) is 6.49. The Hall–Kier alpha value is -2.14. The third-order valence-corrected chi connectivity index (χ3v) is 3.08. The molecule has 3 rings (SSSR count). The highest BCUT2D eigenvalue weighted by atomic mass is 35.5. The van der Waals surface area contributed by atoms with Gasteiger partial charge in [0.05, 0.1) is 22.9 Å². The van der Waals surface area contributed by atoms with E-state index < -0.39 is 0 Å². The van der Waals surface area contributed by atoms with Crippen molar-refractivity contribution in [3.05, 3.63) is 41.7 Å². The van der Waals surface area contributed by atoms with Gasteiger partial charge < -0.3 is 5.32 Å². The normalized spacial score (nSPS) is 10.9. The SMILES string of the molecule is CCCNc1nc(-n2cc(Cl)cn2)c2ccccc2n1. The topological polar surface area (TPSA) is 55.6 Å². The zero-order valence-corrected chi connectivity index (χ0v) is 11.8. The van der Waals surface area contributed by atoms with Crippen molar-refractivity contribution in [3.63, 3.8) is 0 Å². The molecular weight excluding hydrogens is 274 g/mol. The number of halogens is 1. The number of hydrogen-bond acceptors (Lipinski definition) is 4. The minimum Gasteiger partial charge on any atom is -0.354 e. The maximum absolute atomic E-state index is 5.94. The first-order valence-corrected chi connectivity index (χ1v) is 6.87. The molecule has 0 aliphatic heterocycles. The molecule has 1 aromatic carbocycles. The smallest absolute Gasteiger partial charge is 0.225 e. The van der Waals surface area contributed by atoms with E-state index in [1.54, 1.807) is 17.1 Å². The fraction of sp³-hybridized carbons (Fsp3) is 0.214. The lowest BCUT2D eigenvalue weighted by atomic mass is 10.2. The maximum Gasteiger partial charge on any atom is 0.225 e. The van der Waals surface area contributed by atoms with E-state index in [9.17, 15) is 0 Å². The Labute approximate surface area is 121 Å². The summed E-state index contributed by atoms with van der Waals surface area (Å²) >= 11 is 5.94. The predicted molar refractivity (Wildman–Crippen MR) is 80.5 cm³/mol. The van der Waals surface area contributed by atoms with Crippen LogP contribution in [-0.2, 0) is 0 Å². The third kappa shape index (κ3) is 2.44. The van der Waals surface area contributed by atoms with E-state index in [0.717, 1.165) is 29.7 Å². The molecule has 0 amide bonds. The Bertz CT molecular complexity index is 737. The highest BCUT2D eigenvalue weighted by molar-refractivity contribution is 6.30. The quantitative estimate of drug-likeness (QED) is 0.800. The molecule has 0 aliphatic rings. The standard InChI is InChI=1S/C14H14ClN5/c1-2-7-16-14-18-12-6-4-3-5-11(12)13(19-14)20-9-10(15)8-17-20/h3-6,8-9H,2,7H2,1H3,(H,16,18,19). The molecule has 5 nitrogen and oxygen atoms in total. The summed E-state index contributed by atoms with van der Waals surface area (Å²) in [4.78, 5) is 9.05. The number of hydrogen-bond donors (Lipinski definition) is 1. The van der Waals surface area contributed by atoms with Crippen molar-refractivity contribution in [1.82, 2.24) is 19.7 Å². The second-order valence-electron chi connectivity index (χ2n) is 4.42. The Kier molecular flexibility index (Phi) is 3.52. The maximum atomic E-state index is 5.94. The van der Waals surface area contributed by atoms with E-state index in [1.165, 1.54) is 0 Å². The summed E-state index contributed by atoms with van der Waals surface area (Å²) < 4.78 is 1.67. The summed E-state index contributed by atoms with van der Waals surface area (Å²) in [7, 11) is 0. The van der Waals surface area contributed by atoms with Crippen LogP contribution in [0, 0.1) is 0 Å². The van der Waals surface area contributed by atoms with Crippen LogP contribution in [0.15, 0.2) is 36.7 Å². The summed E-state index contributed by atoms with van der Waals surface area (Å²) in [5.41, 5.74) is 0.878. The molecule has 1 N–H and O–H groups in total. The largest absolute Gasteiger partial charge is 0.354 e. The van der Waals surface area contributed by atoms with Crippen molar-refractivity contribution in [3.8, 4) is 5.82 Å². The molecule has 0 atom stereocenters. The van der Waals surface area contributed by atoms with Crippen molar-refractivity contribution in [1.29, 1.82) is 0 Å². The number of nitrogens with one attached hydrogen (secondary N) is 1. The summed E-state index contributed by atoms with van der Waals surface area (Å²) in [5.74, 6) is 1.33. The van der Waals surface area contributed by atoms with E-state index in [4.69, 9.17) is 11.6 Å². The van der Waals surface area contributed by atoms with E-state index in [1.807, 2.05) is 24.3 Å². The summed E-state index contributed by atoms with van der Waals surface area (Å²) in [5, 5.41) is 8.95. The van der Waals surface area contributed by atoms with Gasteiger partial charge in [0.2, 0.25) is 5.95 Å². The number of rotatable bonds is 4.